The number of rotatable bonds is 4. The number of carbonyl (C=O) groups excluding carboxylic acids is 1. The smallest absolute Gasteiger partial charge is 0.224 e. The Hall–Kier alpha value is -1.02. The lowest BCUT2D eigenvalue weighted by Gasteiger charge is -2.21. The fourth-order valence-electron chi connectivity index (χ4n) is 1.78. The average molecular weight is 282 g/mol. The van der Waals surface area contributed by atoms with Gasteiger partial charge >= 0.3 is 0 Å². The van der Waals surface area contributed by atoms with Crippen molar-refractivity contribution in [3.8, 4) is 0 Å². The van der Waals surface area contributed by atoms with Gasteiger partial charge in [0.15, 0.2) is 0 Å². The van der Waals surface area contributed by atoms with Gasteiger partial charge in [0.1, 0.15) is 0 Å². The third-order valence-corrected chi connectivity index (χ3v) is 3.78. The Labute approximate surface area is 121 Å². The Balaban J connectivity index is 2.73. The first kappa shape index (κ1) is 16.0. The number of halogens is 1. The third kappa shape index (κ3) is 4.54. The lowest BCUT2D eigenvalue weighted by molar-refractivity contribution is -0.124. The summed E-state index contributed by atoms with van der Waals surface area (Å²) in [5.74, 6) is 0.196. The van der Waals surface area contributed by atoms with Gasteiger partial charge in [-0.05, 0) is 23.5 Å². The van der Waals surface area contributed by atoms with E-state index >= 15 is 0 Å². The molecule has 0 bridgehead atoms. The number of hydrogen-bond donors (Lipinski definition) is 1. The van der Waals surface area contributed by atoms with Crippen LogP contribution in [0.3, 0.4) is 0 Å². The zero-order valence-electron chi connectivity index (χ0n) is 12.5. The van der Waals surface area contributed by atoms with Crippen molar-refractivity contribution in [3.63, 3.8) is 0 Å². The van der Waals surface area contributed by atoms with Gasteiger partial charge in [0.2, 0.25) is 5.91 Å². The summed E-state index contributed by atoms with van der Waals surface area (Å²) in [6.45, 7) is 10.4. The van der Waals surface area contributed by atoms with E-state index in [9.17, 15) is 4.79 Å². The van der Waals surface area contributed by atoms with E-state index in [2.05, 4.69) is 50.4 Å². The molecule has 0 aliphatic rings. The average Bonchev–Trinajstić information content (AvgIpc) is 2.36. The molecule has 19 heavy (non-hydrogen) atoms. The summed E-state index contributed by atoms with van der Waals surface area (Å²) < 4.78 is 0. The normalized spacial score (nSPS) is 14.8. The summed E-state index contributed by atoms with van der Waals surface area (Å²) in [7, 11) is 0. The van der Waals surface area contributed by atoms with Gasteiger partial charge in [-0.1, -0.05) is 52.0 Å². The highest BCUT2D eigenvalue weighted by molar-refractivity contribution is 6.19. The monoisotopic (exact) mass is 281 g/mol. The predicted octanol–water partition coefficient (Wildman–Crippen LogP) is 4.04. The van der Waals surface area contributed by atoms with Crippen LogP contribution in [-0.2, 0) is 10.2 Å². The molecule has 1 rings (SSSR count). The van der Waals surface area contributed by atoms with Crippen LogP contribution >= 0.6 is 11.6 Å². The second kappa shape index (κ2) is 6.42. The van der Waals surface area contributed by atoms with Gasteiger partial charge < -0.3 is 5.32 Å². The minimum Gasteiger partial charge on any atom is -0.349 e. The van der Waals surface area contributed by atoms with Gasteiger partial charge in [-0.15, -0.1) is 11.6 Å². The fraction of sp³-hybridized carbons (Fsp3) is 0.562. The van der Waals surface area contributed by atoms with Gasteiger partial charge in [-0.25, -0.2) is 0 Å². The lowest BCUT2D eigenvalue weighted by Crippen LogP contribution is -2.32. The standard InChI is InChI=1S/C16H24ClNO/c1-11(10-17)15(19)18-12(2)13-6-8-14(9-7-13)16(3,4)5/h6-9,11-12H,10H2,1-5H3,(H,18,19). The molecule has 0 saturated heterocycles. The Morgan fingerprint density at radius 3 is 2.16 bits per heavy atom. The Morgan fingerprint density at radius 1 is 1.21 bits per heavy atom. The number of amides is 1. The topological polar surface area (TPSA) is 29.1 Å². The summed E-state index contributed by atoms with van der Waals surface area (Å²) in [5, 5.41) is 2.98. The maximum absolute atomic E-state index is 11.8. The Morgan fingerprint density at radius 2 is 1.74 bits per heavy atom. The molecule has 0 spiro atoms. The van der Waals surface area contributed by atoms with Crippen LogP contribution in [0.5, 0.6) is 0 Å². The van der Waals surface area contributed by atoms with E-state index < -0.39 is 0 Å². The maximum Gasteiger partial charge on any atom is 0.224 e. The highest BCUT2D eigenvalue weighted by Gasteiger charge is 2.17. The second-order valence-corrected chi connectivity index (χ2v) is 6.47. The van der Waals surface area contributed by atoms with Gasteiger partial charge in [0.25, 0.3) is 0 Å². The van der Waals surface area contributed by atoms with Gasteiger partial charge in [-0.2, -0.15) is 0 Å². The summed E-state index contributed by atoms with van der Waals surface area (Å²) in [6, 6.07) is 8.42. The molecule has 0 fully saturated rings. The molecule has 0 aliphatic heterocycles. The first-order valence-corrected chi connectivity index (χ1v) is 7.26. The fourth-order valence-corrected chi connectivity index (χ4v) is 1.92. The van der Waals surface area contributed by atoms with Crippen molar-refractivity contribution in [2.24, 2.45) is 5.92 Å². The van der Waals surface area contributed by atoms with E-state index in [1.165, 1.54) is 5.56 Å². The first-order chi connectivity index (χ1) is 8.75. The molecule has 2 atom stereocenters. The van der Waals surface area contributed by atoms with Crippen LogP contribution in [0.15, 0.2) is 24.3 Å². The van der Waals surface area contributed by atoms with E-state index in [1.54, 1.807) is 0 Å². The summed E-state index contributed by atoms with van der Waals surface area (Å²) >= 11 is 5.69. The van der Waals surface area contributed by atoms with Crippen molar-refractivity contribution < 1.29 is 4.79 Å². The van der Waals surface area contributed by atoms with E-state index in [-0.39, 0.29) is 23.3 Å². The molecule has 1 aromatic rings. The molecule has 0 radical (unpaired) electrons. The molecule has 0 aliphatic carbocycles. The zero-order valence-corrected chi connectivity index (χ0v) is 13.2. The van der Waals surface area contributed by atoms with E-state index in [0.717, 1.165) is 5.56 Å². The number of nitrogens with one attached hydrogen (secondary N) is 1. The third-order valence-electron chi connectivity index (χ3n) is 3.31. The molecule has 1 amide bonds. The molecule has 0 aromatic heterocycles. The minimum absolute atomic E-state index is 0.00222. The first-order valence-electron chi connectivity index (χ1n) is 6.72. The molecule has 0 saturated carbocycles. The quantitative estimate of drug-likeness (QED) is 0.829. The van der Waals surface area contributed by atoms with Crippen LogP contribution in [0.4, 0.5) is 0 Å². The summed E-state index contributed by atoms with van der Waals surface area (Å²) in [6.07, 6.45) is 0. The lowest BCUT2D eigenvalue weighted by atomic mass is 9.86. The molecule has 106 valence electrons. The van der Waals surface area contributed by atoms with E-state index in [1.807, 2.05) is 13.8 Å². The van der Waals surface area contributed by atoms with Crippen LogP contribution in [-0.4, -0.2) is 11.8 Å². The molecule has 3 heteroatoms. The summed E-state index contributed by atoms with van der Waals surface area (Å²) in [5.41, 5.74) is 2.56. The molecule has 1 N–H and O–H groups in total. The van der Waals surface area contributed by atoms with Crippen LogP contribution in [0.1, 0.15) is 51.8 Å². The molecule has 0 heterocycles. The number of benzene rings is 1. The number of hydrogen-bond acceptors (Lipinski definition) is 1. The highest BCUT2D eigenvalue weighted by atomic mass is 35.5. The van der Waals surface area contributed by atoms with Crippen molar-refractivity contribution in [2.45, 2.75) is 46.1 Å². The number of alkyl halides is 1. The molecular weight excluding hydrogens is 258 g/mol. The van der Waals surface area contributed by atoms with Gasteiger partial charge in [-0.3, -0.25) is 4.79 Å². The molecule has 1 aromatic carbocycles. The Bertz CT molecular complexity index is 419. The van der Waals surface area contributed by atoms with Crippen LogP contribution in [0, 0.1) is 5.92 Å². The second-order valence-electron chi connectivity index (χ2n) is 6.16. The predicted molar refractivity (Wildman–Crippen MR) is 81.6 cm³/mol. The molecule has 2 nitrogen and oxygen atoms in total. The minimum atomic E-state index is -0.155. The zero-order chi connectivity index (χ0) is 14.6. The van der Waals surface area contributed by atoms with Crippen molar-refractivity contribution in [3.05, 3.63) is 35.4 Å². The molecule has 2 unspecified atom stereocenters. The van der Waals surface area contributed by atoms with E-state index in [4.69, 9.17) is 11.6 Å². The SMILES string of the molecule is CC(CCl)C(=O)NC(C)c1ccc(C(C)(C)C)cc1. The molecular formula is C16H24ClNO. The largest absolute Gasteiger partial charge is 0.349 e. The van der Waals surface area contributed by atoms with Crippen molar-refractivity contribution >= 4 is 17.5 Å². The Kier molecular flexibility index (Phi) is 5.42. The van der Waals surface area contributed by atoms with Crippen molar-refractivity contribution in [1.29, 1.82) is 0 Å². The summed E-state index contributed by atoms with van der Waals surface area (Å²) in [4.78, 5) is 11.8. The van der Waals surface area contributed by atoms with Crippen LogP contribution in [0.25, 0.3) is 0 Å². The highest BCUT2D eigenvalue weighted by Crippen LogP contribution is 2.24. The van der Waals surface area contributed by atoms with Crippen LogP contribution in [0.2, 0.25) is 0 Å². The van der Waals surface area contributed by atoms with Gasteiger partial charge in [0, 0.05) is 11.8 Å². The number of carbonyl (C=O) groups is 1. The van der Waals surface area contributed by atoms with Crippen molar-refractivity contribution in [1.82, 2.24) is 5.32 Å². The van der Waals surface area contributed by atoms with E-state index in [0.29, 0.717) is 5.88 Å². The van der Waals surface area contributed by atoms with Crippen LogP contribution < -0.4 is 5.32 Å². The maximum atomic E-state index is 11.8. The van der Waals surface area contributed by atoms with Gasteiger partial charge in [0.05, 0.1) is 6.04 Å². The van der Waals surface area contributed by atoms with Crippen molar-refractivity contribution in [2.75, 3.05) is 5.88 Å².